The van der Waals surface area contributed by atoms with Crippen LogP contribution in [0.3, 0.4) is 0 Å². The summed E-state index contributed by atoms with van der Waals surface area (Å²) in [6.45, 7) is 1.31. The predicted molar refractivity (Wildman–Crippen MR) is 61.2 cm³/mol. The highest BCUT2D eigenvalue weighted by molar-refractivity contribution is 5.77. The van der Waals surface area contributed by atoms with Crippen molar-refractivity contribution in [2.24, 2.45) is 0 Å². The summed E-state index contributed by atoms with van der Waals surface area (Å²) in [6.07, 6.45) is 0.194. The van der Waals surface area contributed by atoms with Gasteiger partial charge in [0.15, 0.2) is 6.61 Å². The van der Waals surface area contributed by atoms with Gasteiger partial charge < -0.3 is 19.5 Å². The lowest BCUT2D eigenvalue weighted by Gasteiger charge is -2.07. The molecule has 0 spiro atoms. The number of methoxy groups -OCH3 is 1. The van der Waals surface area contributed by atoms with E-state index in [1.807, 2.05) is 0 Å². The minimum atomic E-state index is -0.142. The molecule has 17 heavy (non-hydrogen) atoms. The van der Waals surface area contributed by atoms with Crippen LogP contribution in [0.1, 0.15) is 0 Å². The van der Waals surface area contributed by atoms with E-state index in [2.05, 4.69) is 5.32 Å². The van der Waals surface area contributed by atoms with Crippen LogP contribution >= 0.6 is 0 Å². The largest absolute Gasteiger partial charge is 0.497 e. The Balaban J connectivity index is 1.70. The Kier molecular flexibility index (Phi) is 3.82. The first kappa shape index (κ1) is 11.7. The minimum Gasteiger partial charge on any atom is -0.497 e. The fourth-order valence-corrected chi connectivity index (χ4v) is 1.29. The van der Waals surface area contributed by atoms with Gasteiger partial charge in [-0.2, -0.15) is 0 Å². The van der Waals surface area contributed by atoms with E-state index in [0.29, 0.717) is 12.3 Å². The molecule has 1 amide bonds. The van der Waals surface area contributed by atoms with Crippen molar-refractivity contribution >= 4 is 5.91 Å². The lowest BCUT2D eigenvalue weighted by molar-refractivity contribution is -0.123. The smallest absolute Gasteiger partial charge is 0.258 e. The molecule has 5 heteroatoms. The summed E-state index contributed by atoms with van der Waals surface area (Å²) >= 11 is 0. The van der Waals surface area contributed by atoms with Gasteiger partial charge in [0.05, 0.1) is 19.8 Å². The number of carbonyl (C=O) groups excluding carboxylic acids is 1. The number of nitrogens with one attached hydrogen (secondary N) is 1. The van der Waals surface area contributed by atoms with Crippen LogP contribution in [0.4, 0.5) is 0 Å². The van der Waals surface area contributed by atoms with Gasteiger partial charge in [0.1, 0.15) is 11.5 Å². The molecule has 2 rings (SSSR count). The topological polar surface area (TPSA) is 60.1 Å². The first-order valence-electron chi connectivity index (χ1n) is 5.43. The van der Waals surface area contributed by atoms with E-state index in [4.69, 9.17) is 14.2 Å². The molecule has 0 aromatic heterocycles. The number of amides is 1. The van der Waals surface area contributed by atoms with Crippen LogP contribution in [0.5, 0.6) is 11.5 Å². The molecule has 0 bridgehead atoms. The molecule has 5 nitrogen and oxygen atoms in total. The van der Waals surface area contributed by atoms with E-state index in [0.717, 1.165) is 12.4 Å². The summed E-state index contributed by atoms with van der Waals surface area (Å²) in [7, 11) is 1.60. The average molecular weight is 237 g/mol. The molecule has 0 saturated carbocycles. The molecule has 1 aliphatic rings. The van der Waals surface area contributed by atoms with Gasteiger partial charge in [0.25, 0.3) is 5.91 Å². The summed E-state index contributed by atoms with van der Waals surface area (Å²) in [5.41, 5.74) is 0. The van der Waals surface area contributed by atoms with E-state index in [9.17, 15) is 4.79 Å². The lowest BCUT2D eigenvalue weighted by atomic mass is 10.3. The Morgan fingerprint density at radius 2 is 2.06 bits per heavy atom. The number of epoxide rings is 1. The van der Waals surface area contributed by atoms with Crippen molar-refractivity contribution < 1.29 is 19.0 Å². The summed E-state index contributed by atoms with van der Waals surface area (Å²) in [5, 5.41) is 2.72. The molecule has 92 valence electrons. The fraction of sp³-hybridized carbons (Fsp3) is 0.417. The van der Waals surface area contributed by atoms with E-state index in [-0.39, 0.29) is 18.6 Å². The van der Waals surface area contributed by atoms with Crippen LogP contribution < -0.4 is 14.8 Å². The number of benzene rings is 1. The second-order valence-corrected chi connectivity index (χ2v) is 3.72. The normalized spacial score (nSPS) is 17.4. The second kappa shape index (κ2) is 5.54. The van der Waals surface area contributed by atoms with Crippen LogP contribution in [0.2, 0.25) is 0 Å². The van der Waals surface area contributed by atoms with E-state index >= 15 is 0 Å². The summed E-state index contributed by atoms with van der Waals surface area (Å²) in [4.78, 5) is 11.4. The SMILES string of the molecule is COc1ccc(OCC(=O)NC[C@H]2CO2)cc1. The van der Waals surface area contributed by atoms with Crippen molar-refractivity contribution in [1.82, 2.24) is 5.32 Å². The third-order valence-electron chi connectivity index (χ3n) is 2.36. The monoisotopic (exact) mass is 237 g/mol. The zero-order chi connectivity index (χ0) is 12.1. The zero-order valence-electron chi connectivity index (χ0n) is 9.64. The summed E-state index contributed by atoms with van der Waals surface area (Å²) < 4.78 is 15.3. The molecule has 1 atom stereocenters. The Labute approximate surface area is 99.7 Å². The Hall–Kier alpha value is -1.75. The Bertz CT molecular complexity index is 373. The van der Waals surface area contributed by atoms with E-state index < -0.39 is 0 Å². The highest BCUT2D eigenvalue weighted by atomic mass is 16.6. The van der Waals surface area contributed by atoms with Crippen LogP contribution in [-0.4, -0.2) is 38.9 Å². The maximum atomic E-state index is 11.4. The summed E-state index contributed by atoms with van der Waals surface area (Å²) in [5.74, 6) is 1.26. The molecule has 1 fully saturated rings. The Morgan fingerprint density at radius 3 is 2.65 bits per heavy atom. The highest BCUT2D eigenvalue weighted by Gasteiger charge is 2.22. The third kappa shape index (κ3) is 3.96. The van der Waals surface area contributed by atoms with Crippen molar-refractivity contribution in [1.29, 1.82) is 0 Å². The van der Waals surface area contributed by atoms with Gasteiger partial charge in [-0.3, -0.25) is 4.79 Å². The first-order chi connectivity index (χ1) is 8.28. The zero-order valence-corrected chi connectivity index (χ0v) is 9.64. The molecule has 1 N–H and O–H groups in total. The first-order valence-corrected chi connectivity index (χ1v) is 5.43. The molecule has 1 saturated heterocycles. The Morgan fingerprint density at radius 1 is 1.41 bits per heavy atom. The summed E-state index contributed by atoms with van der Waals surface area (Å²) in [6, 6.07) is 7.09. The van der Waals surface area contributed by atoms with E-state index in [1.165, 1.54) is 0 Å². The molecule has 1 aliphatic heterocycles. The standard InChI is InChI=1S/C12H15NO4/c1-15-9-2-4-10(5-3-9)17-8-12(14)13-6-11-7-16-11/h2-5,11H,6-8H2,1H3,(H,13,14)/t11-/m0/s1. The number of rotatable bonds is 6. The molecule has 0 radical (unpaired) electrons. The third-order valence-corrected chi connectivity index (χ3v) is 2.36. The quantitative estimate of drug-likeness (QED) is 0.736. The van der Waals surface area contributed by atoms with Crippen LogP contribution in [0.25, 0.3) is 0 Å². The van der Waals surface area contributed by atoms with Gasteiger partial charge in [-0.05, 0) is 24.3 Å². The molecule has 1 aromatic carbocycles. The van der Waals surface area contributed by atoms with Gasteiger partial charge in [0.2, 0.25) is 0 Å². The van der Waals surface area contributed by atoms with Crippen molar-refractivity contribution in [3.63, 3.8) is 0 Å². The molecule has 1 heterocycles. The number of ether oxygens (including phenoxy) is 3. The maximum absolute atomic E-state index is 11.4. The van der Waals surface area contributed by atoms with Gasteiger partial charge >= 0.3 is 0 Å². The molecular formula is C12H15NO4. The van der Waals surface area contributed by atoms with Crippen molar-refractivity contribution in [2.45, 2.75) is 6.10 Å². The maximum Gasteiger partial charge on any atom is 0.258 e. The van der Waals surface area contributed by atoms with Crippen molar-refractivity contribution in [3.05, 3.63) is 24.3 Å². The van der Waals surface area contributed by atoms with Gasteiger partial charge in [-0.1, -0.05) is 0 Å². The highest BCUT2D eigenvalue weighted by Crippen LogP contribution is 2.16. The van der Waals surface area contributed by atoms with Crippen molar-refractivity contribution in [2.75, 3.05) is 26.9 Å². The van der Waals surface area contributed by atoms with Gasteiger partial charge in [0, 0.05) is 6.54 Å². The molecule has 0 aliphatic carbocycles. The molecule has 0 unspecified atom stereocenters. The predicted octanol–water partition coefficient (Wildman–Crippen LogP) is 0.589. The number of hydrogen-bond donors (Lipinski definition) is 1. The molecule has 1 aromatic rings. The van der Waals surface area contributed by atoms with Crippen LogP contribution in [-0.2, 0) is 9.53 Å². The van der Waals surface area contributed by atoms with E-state index in [1.54, 1.807) is 31.4 Å². The molecular weight excluding hydrogens is 222 g/mol. The van der Waals surface area contributed by atoms with Gasteiger partial charge in [-0.15, -0.1) is 0 Å². The van der Waals surface area contributed by atoms with Gasteiger partial charge in [-0.25, -0.2) is 0 Å². The second-order valence-electron chi connectivity index (χ2n) is 3.72. The number of carbonyl (C=O) groups is 1. The number of hydrogen-bond acceptors (Lipinski definition) is 4. The fourth-order valence-electron chi connectivity index (χ4n) is 1.29. The minimum absolute atomic E-state index is 0.0129. The van der Waals surface area contributed by atoms with Crippen LogP contribution in [0.15, 0.2) is 24.3 Å². The lowest BCUT2D eigenvalue weighted by Crippen LogP contribution is -2.31. The average Bonchev–Trinajstić information content (AvgIpc) is 3.18. The van der Waals surface area contributed by atoms with Crippen molar-refractivity contribution in [3.8, 4) is 11.5 Å². The van der Waals surface area contributed by atoms with Crippen LogP contribution in [0, 0.1) is 0 Å².